The van der Waals surface area contributed by atoms with Gasteiger partial charge in [-0.15, -0.1) is 0 Å². The summed E-state index contributed by atoms with van der Waals surface area (Å²) in [6.45, 7) is 5.94. The van der Waals surface area contributed by atoms with Crippen LogP contribution in [0.5, 0.6) is 5.75 Å². The maximum atomic E-state index is 13.2. The van der Waals surface area contributed by atoms with Crippen LogP contribution >= 0.6 is 0 Å². The highest BCUT2D eigenvalue weighted by Gasteiger charge is 2.37. The van der Waals surface area contributed by atoms with Crippen LogP contribution in [0.25, 0.3) is 0 Å². The first-order chi connectivity index (χ1) is 12.8. The smallest absolute Gasteiger partial charge is 0.246 e. The van der Waals surface area contributed by atoms with Crippen molar-refractivity contribution >= 4 is 15.9 Å². The maximum Gasteiger partial charge on any atom is 0.246 e. The van der Waals surface area contributed by atoms with E-state index in [9.17, 15) is 13.2 Å². The molecule has 1 atom stereocenters. The number of likely N-dealkylation sites (N-methyl/N-ethyl adjacent to an activating group) is 1. The minimum Gasteiger partial charge on any atom is -0.495 e. The lowest BCUT2D eigenvalue weighted by atomic mass is 9.98. The summed E-state index contributed by atoms with van der Waals surface area (Å²) in [5, 5.41) is 0. The number of benzene rings is 1. The second-order valence-electron chi connectivity index (χ2n) is 7.64. The first kappa shape index (κ1) is 20.1. The van der Waals surface area contributed by atoms with Gasteiger partial charge in [0.1, 0.15) is 10.6 Å². The molecule has 2 fully saturated rings. The fraction of sp³-hybridized carbons (Fsp3) is 0.632. The summed E-state index contributed by atoms with van der Waals surface area (Å²) in [4.78, 5) is 16.4. The zero-order valence-electron chi connectivity index (χ0n) is 16.4. The summed E-state index contributed by atoms with van der Waals surface area (Å²) in [6, 6.07) is 5.15. The zero-order chi connectivity index (χ0) is 19.6. The number of quaternary nitrogens is 1. The Labute approximate surface area is 161 Å². The van der Waals surface area contributed by atoms with Crippen molar-refractivity contribution in [3.05, 3.63) is 23.8 Å². The summed E-state index contributed by atoms with van der Waals surface area (Å²) in [7, 11) is -0.0950. The van der Waals surface area contributed by atoms with E-state index >= 15 is 0 Å². The summed E-state index contributed by atoms with van der Waals surface area (Å²) >= 11 is 0. The Morgan fingerprint density at radius 2 is 1.93 bits per heavy atom. The first-order valence-corrected chi connectivity index (χ1v) is 11.0. The Morgan fingerprint density at radius 3 is 2.59 bits per heavy atom. The standard InChI is InChI=1S/C19H29N3O4S/c1-15-6-7-17(26-3)18(13-15)27(24,25)22-8-4-5-16(14-22)19(23)21-11-9-20(2)10-12-21/h6-7,13,16H,4-5,8-12,14H2,1-3H3/p+1/t16-/m1/s1. The van der Waals surface area contributed by atoms with Gasteiger partial charge < -0.3 is 14.5 Å². The number of aryl methyl sites for hydroxylation is 1. The SMILES string of the molecule is COc1ccc(C)cc1S(=O)(=O)N1CCC[C@@H](C(=O)N2CC[NH+](C)CC2)C1. The van der Waals surface area contributed by atoms with Crippen molar-refractivity contribution in [2.75, 3.05) is 53.4 Å². The number of piperidine rings is 1. The number of amides is 1. The number of hydrogen-bond donors (Lipinski definition) is 1. The Morgan fingerprint density at radius 1 is 1.22 bits per heavy atom. The number of carbonyl (C=O) groups is 1. The summed E-state index contributed by atoms with van der Waals surface area (Å²) in [5.41, 5.74) is 0.860. The van der Waals surface area contributed by atoms with E-state index in [-0.39, 0.29) is 23.3 Å². The predicted octanol–water partition coefficient (Wildman–Crippen LogP) is -0.239. The van der Waals surface area contributed by atoms with E-state index in [2.05, 4.69) is 7.05 Å². The van der Waals surface area contributed by atoms with Crippen molar-refractivity contribution in [1.82, 2.24) is 9.21 Å². The Kier molecular flexibility index (Phi) is 6.08. The van der Waals surface area contributed by atoms with Crippen molar-refractivity contribution in [2.45, 2.75) is 24.7 Å². The molecule has 0 radical (unpaired) electrons. The van der Waals surface area contributed by atoms with Gasteiger partial charge in [-0.2, -0.15) is 4.31 Å². The average molecular weight is 397 g/mol. The van der Waals surface area contributed by atoms with E-state index in [1.807, 2.05) is 17.9 Å². The molecule has 8 heteroatoms. The lowest BCUT2D eigenvalue weighted by molar-refractivity contribution is -0.883. The largest absolute Gasteiger partial charge is 0.495 e. The van der Waals surface area contributed by atoms with Crippen LogP contribution in [0.1, 0.15) is 18.4 Å². The van der Waals surface area contributed by atoms with Crippen LogP contribution in [0.4, 0.5) is 0 Å². The molecule has 3 rings (SSSR count). The number of nitrogens with zero attached hydrogens (tertiary/aromatic N) is 2. The van der Waals surface area contributed by atoms with Crippen LogP contribution in [0.3, 0.4) is 0 Å². The van der Waals surface area contributed by atoms with E-state index in [0.29, 0.717) is 18.7 Å². The van der Waals surface area contributed by atoms with Crippen molar-refractivity contribution in [1.29, 1.82) is 0 Å². The molecular formula is C19H30N3O4S+. The molecule has 1 amide bonds. The first-order valence-electron chi connectivity index (χ1n) is 9.58. The van der Waals surface area contributed by atoms with E-state index in [4.69, 9.17) is 4.74 Å². The highest BCUT2D eigenvalue weighted by molar-refractivity contribution is 7.89. The van der Waals surface area contributed by atoms with Gasteiger partial charge in [0, 0.05) is 13.1 Å². The molecule has 0 bridgehead atoms. The number of hydrogen-bond acceptors (Lipinski definition) is 4. The lowest BCUT2D eigenvalue weighted by Crippen LogP contribution is -3.12. The minimum atomic E-state index is -3.70. The van der Waals surface area contributed by atoms with Gasteiger partial charge in [0.25, 0.3) is 0 Å². The quantitative estimate of drug-likeness (QED) is 0.763. The monoisotopic (exact) mass is 396 g/mol. The number of methoxy groups -OCH3 is 1. The minimum absolute atomic E-state index is 0.0959. The molecule has 0 saturated carbocycles. The molecule has 0 aliphatic carbocycles. The van der Waals surface area contributed by atoms with E-state index < -0.39 is 10.0 Å². The van der Waals surface area contributed by atoms with Crippen molar-refractivity contribution < 1.29 is 22.8 Å². The topological polar surface area (TPSA) is 71.4 Å². The lowest BCUT2D eigenvalue weighted by Gasteiger charge is -2.36. The average Bonchev–Trinajstić information content (AvgIpc) is 2.68. The van der Waals surface area contributed by atoms with Crippen LogP contribution in [0, 0.1) is 12.8 Å². The van der Waals surface area contributed by atoms with Crippen LogP contribution in [-0.2, 0) is 14.8 Å². The Balaban J connectivity index is 1.77. The summed E-state index contributed by atoms with van der Waals surface area (Å²) < 4.78 is 33.2. The second kappa shape index (κ2) is 8.16. The van der Waals surface area contributed by atoms with Crippen LogP contribution in [0.15, 0.2) is 23.1 Å². The third-order valence-corrected chi connectivity index (χ3v) is 7.49. The Bertz CT molecular complexity index is 788. The number of nitrogens with one attached hydrogen (secondary N) is 1. The zero-order valence-corrected chi connectivity index (χ0v) is 17.2. The second-order valence-corrected chi connectivity index (χ2v) is 9.55. The highest BCUT2D eigenvalue weighted by atomic mass is 32.2. The summed E-state index contributed by atoms with van der Waals surface area (Å²) in [6.07, 6.45) is 1.44. The molecule has 2 aliphatic heterocycles. The molecule has 1 aromatic carbocycles. The molecule has 7 nitrogen and oxygen atoms in total. The fourth-order valence-electron chi connectivity index (χ4n) is 3.85. The van der Waals surface area contributed by atoms with Crippen molar-refractivity contribution in [3.8, 4) is 5.75 Å². The summed E-state index contributed by atoms with van der Waals surface area (Å²) in [5.74, 6) is 0.178. The van der Waals surface area contributed by atoms with Gasteiger partial charge in [0.05, 0.1) is 46.3 Å². The number of piperazine rings is 1. The van der Waals surface area contributed by atoms with Crippen LogP contribution in [0.2, 0.25) is 0 Å². The molecule has 0 unspecified atom stereocenters. The normalized spacial score (nSPS) is 22.6. The van der Waals surface area contributed by atoms with Gasteiger partial charge in [-0.1, -0.05) is 6.07 Å². The molecule has 2 saturated heterocycles. The third-order valence-electron chi connectivity index (χ3n) is 5.60. The number of ether oxygens (including phenoxy) is 1. The van der Waals surface area contributed by atoms with E-state index in [0.717, 1.165) is 38.2 Å². The van der Waals surface area contributed by atoms with Gasteiger partial charge in [-0.05, 0) is 37.5 Å². The third kappa shape index (κ3) is 4.28. The van der Waals surface area contributed by atoms with Crippen LogP contribution < -0.4 is 9.64 Å². The molecule has 0 spiro atoms. The maximum absolute atomic E-state index is 13.2. The van der Waals surface area contributed by atoms with Crippen molar-refractivity contribution in [2.24, 2.45) is 5.92 Å². The van der Waals surface area contributed by atoms with E-state index in [1.54, 1.807) is 12.1 Å². The predicted molar refractivity (Wildman–Crippen MR) is 102 cm³/mol. The van der Waals surface area contributed by atoms with Gasteiger partial charge >= 0.3 is 0 Å². The number of sulfonamides is 1. The van der Waals surface area contributed by atoms with Gasteiger partial charge in [-0.25, -0.2) is 8.42 Å². The van der Waals surface area contributed by atoms with Gasteiger partial charge in [-0.3, -0.25) is 4.79 Å². The van der Waals surface area contributed by atoms with E-state index in [1.165, 1.54) is 16.3 Å². The molecule has 150 valence electrons. The number of carbonyl (C=O) groups excluding carboxylic acids is 1. The fourth-order valence-corrected chi connectivity index (χ4v) is 5.62. The molecule has 1 aromatic rings. The molecule has 1 N–H and O–H groups in total. The van der Waals surface area contributed by atoms with Crippen LogP contribution in [-0.4, -0.2) is 77.0 Å². The molecule has 2 aliphatic rings. The molecule has 0 aromatic heterocycles. The molecule has 27 heavy (non-hydrogen) atoms. The highest BCUT2D eigenvalue weighted by Crippen LogP contribution is 2.31. The molecule has 2 heterocycles. The van der Waals surface area contributed by atoms with Gasteiger partial charge in [0.15, 0.2) is 0 Å². The molecular weight excluding hydrogens is 366 g/mol. The Hall–Kier alpha value is -1.64. The number of rotatable bonds is 4. The van der Waals surface area contributed by atoms with Crippen molar-refractivity contribution in [3.63, 3.8) is 0 Å². The van der Waals surface area contributed by atoms with Gasteiger partial charge in [0.2, 0.25) is 15.9 Å².